The minimum absolute atomic E-state index is 0.339. The molecule has 0 aliphatic carbocycles. The molecule has 8 heteroatoms. The van der Waals surface area contributed by atoms with Gasteiger partial charge in [0, 0.05) is 26.6 Å². The Hall–Kier alpha value is -0.990. The number of nitrogens with zero attached hydrogens (tertiary/aromatic N) is 3. The van der Waals surface area contributed by atoms with E-state index in [1.54, 1.807) is 17.8 Å². The van der Waals surface area contributed by atoms with Crippen LogP contribution >= 0.6 is 0 Å². The molecule has 1 rings (SSSR count). The predicted octanol–water partition coefficient (Wildman–Crippen LogP) is -0.725. The molecule has 0 saturated heterocycles. The molecule has 7 nitrogen and oxygen atoms in total. The lowest BCUT2D eigenvalue weighted by molar-refractivity contribution is 0.559. The molecule has 0 radical (unpaired) electrons. The van der Waals surface area contributed by atoms with Crippen LogP contribution in [-0.2, 0) is 23.5 Å². The minimum atomic E-state index is -3.27. The fourth-order valence-corrected chi connectivity index (χ4v) is 2.45. The molecule has 1 heterocycles. The van der Waals surface area contributed by atoms with Gasteiger partial charge in [0.15, 0.2) is 0 Å². The summed E-state index contributed by atoms with van der Waals surface area (Å²) in [7, 11) is -1.44. The molecular weight excluding hydrogens is 254 g/mol. The van der Waals surface area contributed by atoms with Gasteiger partial charge in [0.05, 0.1) is 5.25 Å². The van der Waals surface area contributed by atoms with Gasteiger partial charge in [-0.3, -0.25) is 0 Å². The molecule has 104 valence electrons. The molecule has 0 aromatic carbocycles. The molecule has 0 amide bonds. The maximum atomic E-state index is 11.9. The van der Waals surface area contributed by atoms with Gasteiger partial charge < -0.3 is 9.88 Å². The summed E-state index contributed by atoms with van der Waals surface area (Å²) in [4.78, 5) is 0. The Bertz CT molecular complexity index is 457. The molecule has 0 spiro atoms. The summed E-state index contributed by atoms with van der Waals surface area (Å²) >= 11 is 0. The van der Waals surface area contributed by atoms with E-state index < -0.39 is 15.3 Å². The van der Waals surface area contributed by atoms with Gasteiger partial charge in [0.1, 0.15) is 12.2 Å². The molecule has 18 heavy (non-hydrogen) atoms. The van der Waals surface area contributed by atoms with E-state index in [9.17, 15) is 8.42 Å². The molecular formula is C10H21N5O2S. The average Bonchev–Trinajstić information content (AvgIpc) is 2.72. The van der Waals surface area contributed by atoms with Crippen LogP contribution in [0, 0.1) is 0 Å². The maximum absolute atomic E-state index is 11.9. The lowest BCUT2D eigenvalue weighted by atomic mass is 10.4. The minimum Gasteiger partial charge on any atom is -0.321 e. The number of sulfonamides is 1. The van der Waals surface area contributed by atoms with E-state index in [1.807, 2.05) is 14.0 Å². The highest BCUT2D eigenvalue weighted by Crippen LogP contribution is 1.98. The van der Waals surface area contributed by atoms with Crippen LogP contribution in [0.3, 0.4) is 0 Å². The second-order valence-electron chi connectivity index (χ2n) is 4.17. The molecule has 0 aliphatic heterocycles. The first-order valence-electron chi connectivity index (χ1n) is 5.99. The highest BCUT2D eigenvalue weighted by Gasteiger charge is 2.19. The lowest BCUT2D eigenvalue weighted by Crippen LogP contribution is -2.39. The van der Waals surface area contributed by atoms with Crippen molar-refractivity contribution < 1.29 is 8.42 Å². The summed E-state index contributed by atoms with van der Waals surface area (Å²) in [5, 5.41) is 10.2. The van der Waals surface area contributed by atoms with E-state index in [0.29, 0.717) is 19.5 Å². The normalized spacial score (nSPS) is 13.7. The van der Waals surface area contributed by atoms with Crippen molar-refractivity contribution in [1.29, 1.82) is 0 Å². The zero-order valence-corrected chi connectivity index (χ0v) is 11.9. The number of rotatable bonds is 8. The van der Waals surface area contributed by atoms with Crippen molar-refractivity contribution in [2.45, 2.75) is 25.5 Å². The molecule has 1 atom stereocenters. The maximum Gasteiger partial charge on any atom is 0.215 e. The molecule has 1 aromatic heterocycles. The molecule has 0 aliphatic rings. The van der Waals surface area contributed by atoms with Crippen molar-refractivity contribution in [3.05, 3.63) is 12.2 Å². The van der Waals surface area contributed by atoms with Crippen LogP contribution in [0.5, 0.6) is 0 Å². The summed E-state index contributed by atoms with van der Waals surface area (Å²) in [6, 6.07) is 0. The highest BCUT2D eigenvalue weighted by molar-refractivity contribution is 7.90. The topological polar surface area (TPSA) is 88.9 Å². The van der Waals surface area contributed by atoms with E-state index in [0.717, 1.165) is 12.4 Å². The molecule has 0 fully saturated rings. The highest BCUT2D eigenvalue weighted by atomic mass is 32.2. The standard InChI is InChI=1S/C10H21N5O2S/c1-4-11-7-9(2)18(16,17)13-6-5-10-14-12-8-15(10)3/h8-9,11,13H,4-7H2,1-3H3. The zero-order chi connectivity index (χ0) is 13.6. The third-order valence-electron chi connectivity index (χ3n) is 2.67. The fraction of sp³-hybridized carbons (Fsp3) is 0.800. The number of hydrogen-bond donors (Lipinski definition) is 2. The largest absolute Gasteiger partial charge is 0.321 e. The molecule has 1 unspecified atom stereocenters. The Labute approximate surface area is 108 Å². The van der Waals surface area contributed by atoms with Crippen LogP contribution in [0.25, 0.3) is 0 Å². The van der Waals surface area contributed by atoms with Crippen LogP contribution < -0.4 is 10.0 Å². The molecule has 1 aromatic rings. The van der Waals surface area contributed by atoms with Gasteiger partial charge in [-0.1, -0.05) is 6.92 Å². The van der Waals surface area contributed by atoms with Crippen molar-refractivity contribution in [1.82, 2.24) is 24.8 Å². The first-order chi connectivity index (χ1) is 8.47. The Balaban J connectivity index is 2.40. The first-order valence-corrected chi connectivity index (χ1v) is 7.54. The van der Waals surface area contributed by atoms with E-state index in [4.69, 9.17) is 0 Å². The van der Waals surface area contributed by atoms with Crippen LogP contribution in [0.4, 0.5) is 0 Å². The number of nitrogens with one attached hydrogen (secondary N) is 2. The number of aromatic nitrogens is 3. The monoisotopic (exact) mass is 275 g/mol. The van der Waals surface area contributed by atoms with Gasteiger partial charge in [-0.2, -0.15) is 0 Å². The summed E-state index contributed by atoms with van der Waals surface area (Å²) in [6.07, 6.45) is 2.13. The van der Waals surface area contributed by atoms with Crippen molar-refractivity contribution in [3.8, 4) is 0 Å². The second kappa shape index (κ2) is 6.81. The van der Waals surface area contributed by atoms with Crippen LogP contribution in [0.1, 0.15) is 19.7 Å². The Kier molecular flexibility index (Phi) is 5.70. The van der Waals surface area contributed by atoms with E-state index >= 15 is 0 Å². The van der Waals surface area contributed by atoms with Gasteiger partial charge in [-0.05, 0) is 13.5 Å². The predicted molar refractivity (Wildman–Crippen MR) is 69.6 cm³/mol. The van der Waals surface area contributed by atoms with Crippen molar-refractivity contribution in [3.63, 3.8) is 0 Å². The van der Waals surface area contributed by atoms with E-state index in [1.165, 1.54) is 0 Å². The zero-order valence-electron chi connectivity index (χ0n) is 11.0. The molecule has 2 N–H and O–H groups in total. The smallest absolute Gasteiger partial charge is 0.215 e. The van der Waals surface area contributed by atoms with Gasteiger partial charge in [0.25, 0.3) is 0 Å². The number of hydrogen-bond acceptors (Lipinski definition) is 5. The van der Waals surface area contributed by atoms with Gasteiger partial charge >= 0.3 is 0 Å². The fourth-order valence-electron chi connectivity index (χ4n) is 1.44. The average molecular weight is 275 g/mol. The SMILES string of the molecule is CCNCC(C)S(=O)(=O)NCCc1nncn1C. The summed E-state index contributed by atoms with van der Waals surface area (Å²) in [5.74, 6) is 0.761. The summed E-state index contributed by atoms with van der Waals surface area (Å²) in [5.41, 5.74) is 0. The first kappa shape index (κ1) is 15.1. The molecule has 0 saturated carbocycles. The second-order valence-corrected chi connectivity index (χ2v) is 6.35. The third kappa shape index (κ3) is 4.35. The Morgan fingerprint density at radius 1 is 1.50 bits per heavy atom. The Morgan fingerprint density at radius 3 is 2.78 bits per heavy atom. The Morgan fingerprint density at radius 2 is 2.22 bits per heavy atom. The van der Waals surface area contributed by atoms with Gasteiger partial charge in [-0.25, -0.2) is 13.1 Å². The van der Waals surface area contributed by atoms with Gasteiger partial charge in [-0.15, -0.1) is 10.2 Å². The lowest BCUT2D eigenvalue weighted by Gasteiger charge is -2.13. The van der Waals surface area contributed by atoms with Gasteiger partial charge in [0.2, 0.25) is 10.0 Å². The van der Waals surface area contributed by atoms with Crippen LogP contribution in [0.2, 0.25) is 0 Å². The number of aryl methyl sites for hydroxylation is 1. The van der Waals surface area contributed by atoms with Crippen molar-refractivity contribution >= 4 is 10.0 Å². The summed E-state index contributed by atoms with van der Waals surface area (Å²) in [6.45, 7) is 5.19. The molecule has 0 bridgehead atoms. The summed E-state index contributed by atoms with van der Waals surface area (Å²) < 4.78 is 28.1. The van der Waals surface area contributed by atoms with Crippen molar-refractivity contribution in [2.24, 2.45) is 7.05 Å². The van der Waals surface area contributed by atoms with E-state index in [-0.39, 0.29) is 0 Å². The van der Waals surface area contributed by atoms with Crippen molar-refractivity contribution in [2.75, 3.05) is 19.6 Å². The third-order valence-corrected chi connectivity index (χ3v) is 4.50. The quantitative estimate of drug-likeness (QED) is 0.653. The van der Waals surface area contributed by atoms with Crippen LogP contribution in [0.15, 0.2) is 6.33 Å². The van der Waals surface area contributed by atoms with E-state index in [2.05, 4.69) is 20.2 Å². The van der Waals surface area contributed by atoms with Crippen LogP contribution in [-0.4, -0.2) is 48.1 Å².